The van der Waals surface area contributed by atoms with Crippen LogP contribution >= 0.6 is 0 Å². The molecule has 1 heterocycles. The Balaban J connectivity index is 1.53. The second-order valence-corrected chi connectivity index (χ2v) is 6.28. The first-order valence-corrected chi connectivity index (χ1v) is 8.74. The van der Waals surface area contributed by atoms with E-state index >= 15 is 0 Å². The molecule has 0 bridgehead atoms. The van der Waals surface area contributed by atoms with Crippen molar-refractivity contribution < 1.29 is 4.39 Å². The lowest BCUT2D eigenvalue weighted by Crippen LogP contribution is -2.36. The van der Waals surface area contributed by atoms with Gasteiger partial charge in [0.05, 0.1) is 6.54 Å². The van der Waals surface area contributed by atoms with Gasteiger partial charge in [-0.15, -0.1) is 0 Å². The fraction of sp³-hybridized carbons (Fsp3) is 0.250. The van der Waals surface area contributed by atoms with Crippen molar-refractivity contribution in [2.75, 3.05) is 7.05 Å². The normalized spacial score (nSPS) is 11.4. The summed E-state index contributed by atoms with van der Waals surface area (Å²) in [5.41, 5.74) is 3.80. The fourth-order valence-corrected chi connectivity index (χ4v) is 2.68. The standard InChI is InChI=1S/C20H23FN6/c1-15-6-7-17(9-19(15)21)11-25-20(22-2)24-10-16-4-3-5-18(8-16)12-27-14-23-13-26-27/h3-9,13-14H,10-12H2,1-2H3,(H2,22,24,25). The number of hydrogen-bond donors (Lipinski definition) is 2. The second kappa shape index (κ2) is 8.93. The van der Waals surface area contributed by atoms with Gasteiger partial charge in [-0.05, 0) is 35.2 Å². The number of halogens is 1. The number of hydrogen-bond acceptors (Lipinski definition) is 3. The Kier molecular flexibility index (Phi) is 6.14. The van der Waals surface area contributed by atoms with E-state index in [1.54, 1.807) is 37.1 Å². The molecule has 0 saturated heterocycles. The Hall–Kier alpha value is -3.22. The van der Waals surface area contributed by atoms with Crippen molar-refractivity contribution >= 4 is 5.96 Å². The first kappa shape index (κ1) is 18.6. The van der Waals surface area contributed by atoms with Gasteiger partial charge >= 0.3 is 0 Å². The van der Waals surface area contributed by atoms with Crippen molar-refractivity contribution in [3.63, 3.8) is 0 Å². The van der Waals surface area contributed by atoms with E-state index in [0.717, 1.165) is 16.7 Å². The van der Waals surface area contributed by atoms with Crippen LogP contribution < -0.4 is 10.6 Å². The van der Waals surface area contributed by atoms with Crippen LogP contribution in [0.25, 0.3) is 0 Å². The van der Waals surface area contributed by atoms with Crippen LogP contribution in [0.4, 0.5) is 4.39 Å². The number of nitrogens with one attached hydrogen (secondary N) is 2. The Morgan fingerprint density at radius 3 is 2.48 bits per heavy atom. The average Bonchev–Trinajstić information content (AvgIpc) is 3.18. The third-order valence-electron chi connectivity index (χ3n) is 4.18. The number of aryl methyl sites for hydroxylation is 1. The van der Waals surface area contributed by atoms with Gasteiger partial charge in [0.25, 0.3) is 0 Å². The zero-order valence-corrected chi connectivity index (χ0v) is 15.5. The molecule has 2 N–H and O–H groups in total. The Labute approximate surface area is 158 Å². The van der Waals surface area contributed by atoms with Gasteiger partial charge in [-0.25, -0.2) is 14.1 Å². The predicted octanol–water partition coefficient (Wildman–Crippen LogP) is 2.64. The first-order chi connectivity index (χ1) is 13.1. The number of guanidine groups is 1. The summed E-state index contributed by atoms with van der Waals surface area (Å²) >= 11 is 0. The molecule has 0 atom stereocenters. The van der Waals surface area contributed by atoms with Crippen LogP contribution in [0.2, 0.25) is 0 Å². The van der Waals surface area contributed by atoms with Crippen LogP contribution in [0.3, 0.4) is 0 Å². The molecule has 0 amide bonds. The Morgan fingerprint density at radius 1 is 1.07 bits per heavy atom. The first-order valence-electron chi connectivity index (χ1n) is 8.74. The van der Waals surface area contributed by atoms with Gasteiger partial charge in [-0.3, -0.25) is 4.99 Å². The van der Waals surface area contributed by atoms with Gasteiger partial charge in [0.1, 0.15) is 18.5 Å². The summed E-state index contributed by atoms with van der Waals surface area (Å²) in [4.78, 5) is 8.18. The van der Waals surface area contributed by atoms with E-state index in [2.05, 4.69) is 43.9 Å². The van der Waals surface area contributed by atoms with Crippen molar-refractivity contribution in [3.8, 4) is 0 Å². The van der Waals surface area contributed by atoms with Gasteiger partial charge in [0.15, 0.2) is 5.96 Å². The molecule has 3 aromatic rings. The average molecular weight is 366 g/mol. The second-order valence-electron chi connectivity index (χ2n) is 6.28. The molecule has 0 saturated carbocycles. The topological polar surface area (TPSA) is 67.1 Å². The Bertz CT molecular complexity index is 905. The summed E-state index contributed by atoms with van der Waals surface area (Å²) in [5, 5.41) is 10.6. The molecule has 1 aromatic heterocycles. The molecule has 0 aliphatic heterocycles. The van der Waals surface area contributed by atoms with E-state index in [-0.39, 0.29) is 5.82 Å². The van der Waals surface area contributed by atoms with Crippen molar-refractivity contribution in [2.45, 2.75) is 26.6 Å². The molecule has 27 heavy (non-hydrogen) atoms. The lowest BCUT2D eigenvalue weighted by molar-refractivity contribution is 0.615. The molecule has 0 aliphatic rings. The van der Waals surface area contributed by atoms with Crippen LogP contribution in [0, 0.1) is 12.7 Å². The highest BCUT2D eigenvalue weighted by atomic mass is 19.1. The van der Waals surface area contributed by atoms with E-state index in [4.69, 9.17) is 0 Å². The number of nitrogens with zero attached hydrogens (tertiary/aromatic N) is 4. The molecule has 2 aromatic carbocycles. The molecule has 140 valence electrons. The zero-order chi connectivity index (χ0) is 19.1. The number of aliphatic imine (C=N–C) groups is 1. The van der Waals surface area contributed by atoms with Crippen LogP contribution in [0.15, 0.2) is 60.1 Å². The van der Waals surface area contributed by atoms with Crippen molar-refractivity contribution in [1.82, 2.24) is 25.4 Å². The van der Waals surface area contributed by atoms with E-state index in [1.807, 2.05) is 12.1 Å². The lowest BCUT2D eigenvalue weighted by Gasteiger charge is -2.13. The van der Waals surface area contributed by atoms with Gasteiger partial charge in [-0.2, -0.15) is 5.10 Å². The lowest BCUT2D eigenvalue weighted by atomic mass is 10.1. The largest absolute Gasteiger partial charge is 0.352 e. The van der Waals surface area contributed by atoms with Crippen LogP contribution in [-0.2, 0) is 19.6 Å². The molecule has 3 rings (SSSR count). The molecule has 0 radical (unpaired) electrons. The minimum Gasteiger partial charge on any atom is -0.352 e. The van der Waals surface area contributed by atoms with Gasteiger partial charge in [0, 0.05) is 20.1 Å². The van der Waals surface area contributed by atoms with Crippen LogP contribution in [0.5, 0.6) is 0 Å². The van der Waals surface area contributed by atoms with Crippen LogP contribution in [0.1, 0.15) is 22.3 Å². The number of benzene rings is 2. The maximum Gasteiger partial charge on any atom is 0.191 e. The smallest absolute Gasteiger partial charge is 0.191 e. The molecule has 0 aliphatic carbocycles. The molecule has 0 spiro atoms. The Morgan fingerprint density at radius 2 is 1.81 bits per heavy atom. The SMILES string of the molecule is CN=C(NCc1cccc(Cn2cncn2)c1)NCc1ccc(C)c(F)c1. The molecule has 7 heteroatoms. The minimum absolute atomic E-state index is 0.193. The summed E-state index contributed by atoms with van der Waals surface area (Å²) < 4.78 is 15.4. The predicted molar refractivity (Wildman–Crippen MR) is 104 cm³/mol. The fourth-order valence-electron chi connectivity index (χ4n) is 2.68. The number of aromatic nitrogens is 3. The summed E-state index contributed by atoms with van der Waals surface area (Å²) in [6, 6.07) is 13.5. The summed E-state index contributed by atoms with van der Waals surface area (Å²) in [6.07, 6.45) is 3.23. The highest BCUT2D eigenvalue weighted by Gasteiger charge is 2.03. The van der Waals surface area contributed by atoms with E-state index < -0.39 is 0 Å². The third-order valence-corrected chi connectivity index (χ3v) is 4.18. The minimum atomic E-state index is -0.193. The van der Waals surface area contributed by atoms with Crippen molar-refractivity contribution in [2.24, 2.45) is 4.99 Å². The van der Waals surface area contributed by atoms with E-state index in [9.17, 15) is 4.39 Å². The number of rotatable bonds is 6. The highest BCUT2D eigenvalue weighted by molar-refractivity contribution is 5.79. The molecular formula is C20H23FN6. The molecule has 0 fully saturated rings. The van der Waals surface area contributed by atoms with Gasteiger partial charge in [0.2, 0.25) is 0 Å². The summed E-state index contributed by atoms with van der Waals surface area (Å²) in [5.74, 6) is 0.471. The maximum atomic E-state index is 13.6. The quantitative estimate of drug-likeness (QED) is 0.520. The maximum absolute atomic E-state index is 13.6. The summed E-state index contributed by atoms with van der Waals surface area (Å²) in [6.45, 7) is 3.57. The van der Waals surface area contributed by atoms with E-state index in [1.165, 1.54) is 6.33 Å². The van der Waals surface area contributed by atoms with Crippen LogP contribution in [-0.4, -0.2) is 27.8 Å². The monoisotopic (exact) mass is 366 g/mol. The third kappa shape index (κ3) is 5.37. The van der Waals surface area contributed by atoms with Gasteiger partial charge < -0.3 is 10.6 Å². The van der Waals surface area contributed by atoms with Crippen molar-refractivity contribution in [1.29, 1.82) is 0 Å². The molecule has 6 nitrogen and oxygen atoms in total. The van der Waals surface area contributed by atoms with Crippen molar-refractivity contribution in [3.05, 3.63) is 83.2 Å². The zero-order valence-electron chi connectivity index (χ0n) is 15.5. The highest BCUT2D eigenvalue weighted by Crippen LogP contribution is 2.09. The van der Waals surface area contributed by atoms with Gasteiger partial charge in [-0.1, -0.05) is 36.4 Å². The molecular weight excluding hydrogens is 343 g/mol. The summed E-state index contributed by atoms with van der Waals surface area (Å²) in [7, 11) is 1.71. The van der Waals surface area contributed by atoms with E-state index in [0.29, 0.717) is 31.2 Å². The molecule has 0 unspecified atom stereocenters.